The predicted octanol–water partition coefficient (Wildman–Crippen LogP) is 2.77. The standard InChI is InChI=1S/C22H25N3O2/c1-16-5-4-6-17(13-16)15-24-9-11-25(12-10-24)22(27)19-14-21(26)23-20-8-3-2-7-18(19)20/h2-8,13,19H,9-12,14-15H2,1H3,(H,23,26). The number of carbonyl (C=O) groups is 2. The molecule has 2 heterocycles. The summed E-state index contributed by atoms with van der Waals surface area (Å²) in [6.45, 7) is 6.17. The lowest BCUT2D eigenvalue weighted by atomic mass is 9.89. The van der Waals surface area contributed by atoms with Crippen molar-refractivity contribution < 1.29 is 9.59 Å². The van der Waals surface area contributed by atoms with Crippen LogP contribution in [0.15, 0.2) is 48.5 Å². The maximum atomic E-state index is 13.1. The molecule has 2 aromatic carbocycles. The summed E-state index contributed by atoms with van der Waals surface area (Å²) < 4.78 is 0. The molecule has 27 heavy (non-hydrogen) atoms. The summed E-state index contributed by atoms with van der Waals surface area (Å²) in [5.41, 5.74) is 4.29. The summed E-state index contributed by atoms with van der Waals surface area (Å²) in [5, 5.41) is 2.87. The Kier molecular flexibility index (Phi) is 4.94. The van der Waals surface area contributed by atoms with Crippen molar-refractivity contribution in [3.63, 3.8) is 0 Å². The third-order valence-electron chi connectivity index (χ3n) is 5.47. The van der Waals surface area contributed by atoms with Crippen LogP contribution in [0.25, 0.3) is 0 Å². The molecule has 4 rings (SSSR count). The zero-order chi connectivity index (χ0) is 18.8. The van der Waals surface area contributed by atoms with Gasteiger partial charge in [-0.15, -0.1) is 0 Å². The van der Waals surface area contributed by atoms with Crippen molar-refractivity contribution in [3.8, 4) is 0 Å². The van der Waals surface area contributed by atoms with Gasteiger partial charge >= 0.3 is 0 Å². The number of anilines is 1. The predicted molar refractivity (Wildman–Crippen MR) is 105 cm³/mol. The van der Waals surface area contributed by atoms with E-state index in [-0.39, 0.29) is 24.2 Å². The highest BCUT2D eigenvalue weighted by Crippen LogP contribution is 2.33. The Morgan fingerprint density at radius 1 is 1.07 bits per heavy atom. The van der Waals surface area contributed by atoms with E-state index in [1.54, 1.807) is 0 Å². The molecule has 5 heteroatoms. The third-order valence-corrected chi connectivity index (χ3v) is 5.47. The summed E-state index contributed by atoms with van der Waals surface area (Å²) >= 11 is 0. The monoisotopic (exact) mass is 363 g/mol. The molecule has 140 valence electrons. The summed E-state index contributed by atoms with van der Waals surface area (Å²) in [5.74, 6) is -0.365. The van der Waals surface area contributed by atoms with Crippen molar-refractivity contribution in [3.05, 3.63) is 65.2 Å². The Labute approximate surface area is 160 Å². The molecule has 1 fully saturated rings. The van der Waals surface area contributed by atoms with Crippen LogP contribution in [0.1, 0.15) is 29.0 Å². The third kappa shape index (κ3) is 3.88. The van der Waals surface area contributed by atoms with Gasteiger partial charge in [0, 0.05) is 44.8 Å². The Morgan fingerprint density at radius 3 is 2.63 bits per heavy atom. The lowest BCUT2D eigenvalue weighted by molar-refractivity contribution is -0.136. The average Bonchev–Trinajstić information content (AvgIpc) is 2.67. The number of para-hydroxylation sites is 1. The van der Waals surface area contributed by atoms with Crippen LogP contribution >= 0.6 is 0 Å². The van der Waals surface area contributed by atoms with E-state index in [9.17, 15) is 9.59 Å². The SMILES string of the molecule is Cc1cccc(CN2CCN(C(=O)C3CC(=O)Nc4ccccc43)CC2)c1. The Morgan fingerprint density at radius 2 is 1.85 bits per heavy atom. The van der Waals surface area contributed by atoms with Gasteiger partial charge in [0.05, 0.1) is 5.92 Å². The normalized spacial score (nSPS) is 20.1. The molecule has 2 aromatic rings. The molecule has 0 radical (unpaired) electrons. The highest BCUT2D eigenvalue weighted by Gasteiger charge is 2.34. The van der Waals surface area contributed by atoms with Crippen molar-refractivity contribution in [2.75, 3.05) is 31.5 Å². The molecule has 0 saturated carbocycles. The van der Waals surface area contributed by atoms with E-state index in [0.717, 1.165) is 30.9 Å². The Hall–Kier alpha value is -2.66. The van der Waals surface area contributed by atoms with Crippen LogP contribution in [0.4, 0.5) is 5.69 Å². The van der Waals surface area contributed by atoms with Gasteiger partial charge in [0.2, 0.25) is 11.8 Å². The number of rotatable bonds is 3. The molecular formula is C22H25N3O2. The van der Waals surface area contributed by atoms with Gasteiger partial charge in [-0.1, -0.05) is 48.0 Å². The minimum absolute atomic E-state index is 0.0764. The van der Waals surface area contributed by atoms with E-state index in [2.05, 4.69) is 41.4 Å². The van der Waals surface area contributed by atoms with Crippen LogP contribution in [0.2, 0.25) is 0 Å². The number of benzene rings is 2. The highest BCUT2D eigenvalue weighted by atomic mass is 16.2. The van der Waals surface area contributed by atoms with Crippen LogP contribution in [0.5, 0.6) is 0 Å². The first-order chi connectivity index (χ1) is 13.1. The fourth-order valence-electron chi connectivity index (χ4n) is 4.05. The molecule has 0 spiro atoms. The van der Waals surface area contributed by atoms with Crippen LogP contribution in [0.3, 0.4) is 0 Å². The minimum atomic E-state index is -0.363. The van der Waals surface area contributed by atoms with Crippen LogP contribution in [-0.4, -0.2) is 47.8 Å². The van der Waals surface area contributed by atoms with Crippen LogP contribution < -0.4 is 5.32 Å². The summed E-state index contributed by atoms with van der Waals surface area (Å²) in [6, 6.07) is 16.2. The highest BCUT2D eigenvalue weighted by molar-refractivity contribution is 6.01. The van der Waals surface area contributed by atoms with E-state index in [0.29, 0.717) is 13.1 Å². The molecular weight excluding hydrogens is 338 g/mol. The first kappa shape index (κ1) is 17.7. The van der Waals surface area contributed by atoms with Gasteiger partial charge < -0.3 is 10.2 Å². The maximum Gasteiger partial charge on any atom is 0.230 e. The number of carbonyl (C=O) groups excluding carboxylic acids is 2. The Balaban J connectivity index is 1.40. The van der Waals surface area contributed by atoms with Gasteiger partial charge in [0.15, 0.2) is 0 Å². The van der Waals surface area contributed by atoms with Crippen LogP contribution in [-0.2, 0) is 16.1 Å². The van der Waals surface area contributed by atoms with Gasteiger partial charge in [-0.25, -0.2) is 0 Å². The molecule has 0 bridgehead atoms. The summed E-state index contributed by atoms with van der Waals surface area (Å²) in [6.07, 6.45) is 0.235. The molecule has 2 amide bonds. The van der Waals surface area contributed by atoms with Crippen molar-refractivity contribution in [1.29, 1.82) is 0 Å². The number of amides is 2. The topological polar surface area (TPSA) is 52.7 Å². The second-order valence-electron chi connectivity index (χ2n) is 7.48. The van der Waals surface area contributed by atoms with Gasteiger partial charge in [-0.05, 0) is 24.1 Å². The minimum Gasteiger partial charge on any atom is -0.340 e. The van der Waals surface area contributed by atoms with Gasteiger partial charge in [-0.3, -0.25) is 14.5 Å². The first-order valence-corrected chi connectivity index (χ1v) is 9.55. The van der Waals surface area contributed by atoms with Crippen molar-refractivity contribution in [2.24, 2.45) is 0 Å². The fourth-order valence-corrected chi connectivity index (χ4v) is 4.05. The van der Waals surface area contributed by atoms with Gasteiger partial charge in [-0.2, -0.15) is 0 Å². The summed E-state index contributed by atoms with van der Waals surface area (Å²) in [4.78, 5) is 29.4. The zero-order valence-electron chi connectivity index (χ0n) is 15.6. The van der Waals surface area contributed by atoms with E-state index < -0.39 is 0 Å². The largest absolute Gasteiger partial charge is 0.340 e. The Bertz CT molecular complexity index is 856. The van der Waals surface area contributed by atoms with E-state index in [4.69, 9.17) is 0 Å². The molecule has 1 atom stereocenters. The van der Waals surface area contributed by atoms with Gasteiger partial charge in [0.1, 0.15) is 0 Å². The van der Waals surface area contributed by atoms with E-state index >= 15 is 0 Å². The van der Waals surface area contributed by atoms with Crippen molar-refractivity contribution in [1.82, 2.24) is 9.80 Å². The molecule has 5 nitrogen and oxygen atoms in total. The lowest BCUT2D eigenvalue weighted by Crippen LogP contribution is -2.50. The number of aryl methyl sites for hydroxylation is 1. The molecule has 0 aliphatic carbocycles. The number of hydrogen-bond donors (Lipinski definition) is 1. The van der Waals surface area contributed by atoms with Crippen LogP contribution in [0, 0.1) is 6.92 Å². The summed E-state index contributed by atoms with van der Waals surface area (Å²) in [7, 11) is 0. The van der Waals surface area contributed by atoms with E-state index in [1.165, 1.54) is 11.1 Å². The van der Waals surface area contributed by atoms with E-state index in [1.807, 2.05) is 29.2 Å². The lowest BCUT2D eigenvalue weighted by Gasteiger charge is -2.37. The first-order valence-electron chi connectivity index (χ1n) is 9.55. The molecule has 1 unspecified atom stereocenters. The van der Waals surface area contributed by atoms with Crippen molar-refractivity contribution >= 4 is 17.5 Å². The smallest absolute Gasteiger partial charge is 0.230 e. The molecule has 2 aliphatic heterocycles. The number of hydrogen-bond acceptors (Lipinski definition) is 3. The quantitative estimate of drug-likeness (QED) is 0.912. The second kappa shape index (κ2) is 7.53. The molecule has 2 aliphatic rings. The molecule has 1 saturated heterocycles. The fraction of sp³-hybridized carbons (Fsp3) is 0.364. The maximum absolute atomic E-state index is 13.1. The number of piperazine rings is 1. The number of nitrogens with zero attached hydrogens (tertiary/aromatic N) is 2. The number of fused-ring (bicyclic) bond motifs is 1. The molecule has 0 aromatic heterocycles. The van der Waals surface area contributed by atoms with Crippen molar-refractivity contribution in [2.45, 2.75) is 25.8 Å². The average molecular weight is 363 g/mol. The molecule has 1 N–H and O–H groups in total. The van der Waals surface area contributed by atoms with Gasteiger partial charge in [0.25, 0.3) is 0 Å². The number of nitrogens with one attached hydrogen (secondary N) is 1. The zero-order valence-corrected chi connectivity index (χ0v) is 15.6. The second-order valence-corrected chi connectivity index (χ2v) is 7.48.